The summed E-state index contributed by atoms with van der Waals surface area (Å²) in [5.41, 5.74) is 3.51. The molecule has 1 aliphatic rings. The van der Waals surface area contributed by atoms with Crippen LogP contribution in [-0.2, 0) is 6.61 Å². The lowest BCUT2D eigenvalue weighted by molar-refractivity contribution is 0.0935. The predicted octanol–water partition coefficient (Wildman–Crippen LogP) is 4.77. The number of rotatable bonds is 4. The highest BCUT2D eigenvalue weighted by atomic mass is 35.5. The number of nitrogens with one attached hydrogen (secondary N) is 2. The Balaban J connectivity index is 1.43. The molecule has 0 aromatic heterocycles. The quantitative estimate of drug-likeness (QED) is 0.700. The van der Waals surface area contributed by atoms with E-state index >= 15 is 0 Å². The van der Waals surface area contributed by atoms with Crippen LogP contribution in [0.15, 0.2) is 72.8 Å². The van der Waals surface area contributed by atoms with Crippen molar-refractivity contribution in [3.8, 4) is 5.75 Å². The van der Waals surface area contributed by atoms with E-state index in [2.05, 4.69) is 10.6 Å². The molecule has 4 rings (SSSR count). The number of para-hydroxylation sites is 1. The zero-order valence-corrected chi connectivity index (χ0v) is 14.7. The third-order valence-electron chi connectivity index (χ3n) is 4.28. The van der Waals surface area contributed by atoms with E-state index in [4.69, 9.17) is 16.3 Å². The predicted molar refractivity (Wildman–Crippen MR) is 102 cm³/mol. The molecular formula is C21H17ClN2O2. The van der Waals surface area contributed by atoms with Gasteiger partial charge in [0.05, 0.1) is 5.56 Å². The molecule has 0 spiro atoms. The van der Waals surface area contributed by atoms with Crippen LogP contribution in [0.1, 0.15) is 27.7 Å². The zero-order chi connectivity index (χ0) is 17.9. The van der Waals surface area contributed by atoms with E-state index in [1.807, 2.05) is 72.8 Å². The summed E-state index contributed by atoms with van der Waals surface area (Å²) in [7, 11) is 0. The molecule has 1 atom stereocenters. The number of benzene rings is 3. The van der Waals surface area contributed by atoms with E-state index in [-0.39, 0.29) is 12.1 Å². The summed E-state index contributed by atoms with van der Waals surface area (Å²) in [6, 6.07) is 22.8. The Labute approximate surface area is 156 Å². The van der Waals surface area contributed by atoms with Gasteiger partial charge in [0.15, 0.2) is 0 Å². The number of hydrogen-bond acceptors (Lipinski definition) is 3. The Bertz CT molecular complexity index is 924. The lowest BCUT2D eigenvalue weighted by atomic mass is 10.1. The van der Waals surface area contributed by atoms with Gasteiger partial charge in [-0.15, -0.1) is 0 Å². The SMILES string of the molecule is O=C1NC(c2ccc(OCc3ccc(Cl)cc3)cc2)Nc2ccccc21. The Morgan fingerprint density at radius 2 is 1.62 bits per heavy atom. The fraction of sp³-hybridized carbons (Fsp3) is 0.0952. The van der Waals surface area contributed by atoms with Crippen LogP contribution in [0, 0.1) is 0 Å². The lowest BCUT2D eigenvalue weighted by Crippen LogP contribution is -2.38. The van der Waals surface area contributed by atoms with E-state index < -0.39 is 0 Å². The molecule has 130 valence electrons. The van der Waals surface area contributed by atoms with Crippen molar-refractivity contribution in [3.63, 3.8) is 0 Å². The van der Waals surface area contributed by atoms with Gasteiger partial charge in [-0.25, -0.2) is 0 Å². The maximum atomic E-state index is 12.2. The summed E-state index contributed by atoms with van der Waals surface area (Å²) < 4.78 is 5.80. The second-order valence-electron chi connectivity index (χ2n) is 6.08. The average molecular weight is 365 g/mol. The number of ether oxygens (including phenoxy) is 1. The van der Waals surface area contributed by atoms with Crippen LogP contribution < -0.4 is 15.4 Å². The first-order valence-corrected chi connectivity index (χ1v) is 8.70. The molecule has 0 radical (unpaired) electrons. The zero-order valence-electron chi connectivity index (χ0n) is 13.9. The normalized spacial score (nSPS) is 15.6. The third-order valence-corrected chi connectivity index (χ3v) is 4.53. The highest BCUT2D eigenvalue weighted by Gasteiger charge is 2.23. The molecule has 5 heteroatoms. The molecule has 0 saturated heterocycles. The van der Waals surface area contributed by atoms with Gasteiger partial charge in [0.25, 0.3) is 5.91 Å². The molecule has 4 nitrogen and oxygen atoms in total. The average Bonchev–Trinajstić information content (AvgIpc) is 2.68. The third kappa shape index (κ3) is 3.51. The number of fused-ring (bicyclic) bond motifs is 1. The van der Waals surface area contributed by atoms with Crippen molar-refractivity contribution in [2.75, 3.05) is 5.32 Å². The second-order valence-corrected chi connectivity index (χ2v) is 6.52. The van der Waals surface area contributed by atoms with Crippen molar-refractivity contribution >= 4 is 23.2 Å². The van der Waals surface area contributed by atoms with Crippen LogP contribution in [0.5, 0.6) is 5.75 Å². The first kappa shape index (κ1) is 16.5. The van der Waals surface area contributed by atoms with Crippen LogP contribution in [0.3, 0.4) is 0 Å². The molecule has 1 unspecified atom stereocenters. The largest absolute Gasteiger partial charge is 0.489 e. The van der Waals surface area contributed by atoms with Gasteiger partial charge in [0.1, 0.15) is 18.5 Å². The number of halogens is 1. The Morgan fingerprint density at radius 3 is 2.38 bits per heavy atom. The molecule has 0 bridgehead atoms. The molecule has 26 heavy (non-hydrogen) atoms. The van der Waals surface area contributed by atoms with E-state index in [9.17, 15) is 4.79 Å². The summed E-state index contributed by atoms with van der Waals surface area (Å²) in [4.78, 5) is 12.2. The van der Waals surface area contributed by atoms with E-state index in [0.29, 0.717) is 17.2 Å². The van der Waals surface area contributed by atoms with Crippen LogP contribution >= 0.6 is 11.6 Å². The standard InChI is InChI=1S/C21H17ClN2O2/c22-16-9-5-14(6-10-16)13-26-17-11-7-15(8-12-17)20-23-19-4-2-1-3-18(19)21(25)24-20/h1-12,20,23H,13H2,(H,24,25). The maximum absolute atomic E-state index is 12.2. The van der Waals surface area contributed by atoms with Gasteiger partial charge in [0, 0.05) is 10.7 Å². The van der Waals surface area contributed by atoms with Crippen molar-refractivity contribution in [1.29, 1.82) is 0 Å². The van der Waals surface area contributed by atoms with Gasteiger partial charge in [-0.2, -0.15) is 0 Å². The second kappa shape index (κ2) is 7.10. The monoisotopic (exact) mass is 364 g/mol. The highest BCUT2D eigenvalue weighted by Crippen LogP contribution is 2.27. The number of carbonyl (C=O) groups is 1. The van der Waals surface area contributed by atoms with Gasteiger partial charge in [-0.3, -0.25) is 4.79 Å². The lowest BCUT2D eigenvalue weighted by Gasteiger charge is -2.28. The van der Waals surface area contributed by atoms with Crippen LogP contribution in [0.4, 0.5) is 5.69 Å². The van der Waals surface area contributed by atoms with Crippen molar-refractivity contribution in [2.45, 2.75) is 12.8 Å². The van der Waals surface area contributed by atoms with Gasteiger partial charge in [-0.1, -0.05) is 48.0 Å². The molecule has 1 aliphatic heterocycles. The summed E-state index contributed by atoms with van der Waals surface area (Å²) in [6.45, 7) is 0.475. The summed E-state index contributed by atoms with van der Waals surface area (Å²) in [6.07, 6.45) is -0.261. The van der Waals surface area contributed by atoms with Crippen molar-refractivity contribution in [1.82, 2.24) is 5.32 Å². The van der Waals surface area contributed by atoms with Crippen molar-refractivity contribution < 1.29 is 9.53 Å². The highest BCUT2D eigenvalue weighted by molar-refractivity contribution is 6.30. The fourth-order valence-electron chi connectivity index (χ4n) is 2.88. The maximum Gasteiger partial charge on any atom is 0.255 e. The van der Waals surface area contributed by atoms with E-state index in [1.165, 1.54) is 0 Å². The summed E-state index contributed by atoms with van der Waals surface area (Å²) >= 11 is 5.89. The number of anilines is 1. The molecule has 1 amide bonds. The summed E-state index contributed by atoms with van der Waals surface area (Å²) in [5, 5.41) is 7.02. The van der Waals surface area contributed by atoms with Gasteiger partial charge >= 0.3 is 0 Å². The molecule has 0 fully saturated rings. The smallest absolute Gasteiger partial charge is 0.255 e. The van der Waals surface area contributed by atoms with Crippen LogP contribution in [0.2, 0.25) is 5.02 Å². The molecule has 0 aliphatic carbocycles. The number of hydrogen-bond donors (Lipinski definition) is 2. The molecule has 3 aromatic carbocycles. The summed E-state index contributed by atoms with van der Waals surface area (Å²) in [5.74, 6) is 0.693. The Hall–Kier alpha value is -2.98. The molecule has 0 saturated carbocycles. The van der Waals surface area contributed by atoms with E-state index in [1.54, 1.807) is 0 Å². The number of carbonyl (C=O) groups excluding carboxylic acids is 1. The van der Waals surface area contributed by atoms with Crippen molar-refractivity contribution in [3.05, 3.63) is 94.5 Å². The van der Waals surface area contributed by atoms with Crippen LogP contribution in [0.25, 0.3) is 0 Å². The molecular weight excluding hydrogens is 348 g/mol. The van der Waals surface area contributed by atoms with Gasteiger partial charge in [0.2, 0.25) is 0 Å². The first-order chi connectivity index (χ1) is 12.7. The molecule has 2 N–H and O–H groups in total. The minimum Gasteiger partial charge on any atom is -0.489 e. The molecule has 3 aromatic rings. The minimum absolute atomic E-state index is 0.0765. The topological polar surface area (TPSA) is 50.4 Å². The van der Waals surface area contributed by atoms with Gasteiger partial charge < -0.3 is 15.4 Å². The molecule has 1 heterocycles. The van der Waals surface area contributed by atoms with Gasteiger partial charge in [-0.05, 0) is 47.5 Å². The Kier molecular flexibility index (Phi) is 4.50. The first-order valence-electron chi connectivity index (χ1n) is 8.33. The van der Waals surface area contributed by atoms with Crippen molar-refractivity contribution in [2.24, 2.45) is 0 Å². The number of amides is 1. The minimum atomic E-state index is -0.261. The van der Waals surface area contributed by atoms with E-state index in [0.717, 1.165) is 22.6 Å². The van der Waals surface area contributed by atoms with Crippen LogP contribution in [-0.4, -0.2) is 5.91 Å². The fourth-order valence-corrected chi connectivity index (χ4v) is 3.00. The Morgan fingerprint density at radius 1 is 0.885 bits per heavy atom.